The predicted octanol–water partition coefficient (Wildman–Crippen LogP) is 4.47. The first-order chi connectivity index (χ1) is 6.80. The van der Waals surface area contributed by atoms with E-state index in [2.05, 4.69) is 12.2 Å². The van der Waals surface area contributed by atoms with E-state index in [0.29, 0.717) is 5.56 Å². The number of halogens is 5. The molecule has 0 fully saturated rings. The second kappa shape index (κ2) is 4.68. The zero-order valence-electron chi connectivity index (χ0n) is 7.24. The van der Waals surface area contributed by atoms with Gasteiger partial charge in [0, 0.05) is 6.42 Å². The minimum absolute atomic E-state index is 0.186. The number of rotatable bonds is 2. The van der Waals surface area contributed by atoms with Gasteiger partial charge in [0.15, 0.2) is 0 Å². The Morgan fingerprint density at radius 2 is 1.93 bits per heavy atom. The van der Waals surface area contributed by atoms with E-state index in [1.54, 1.807) is 0 Å². The first-order valence-electron chi connectivity index (χ1n) is 3.84. The van der Waals surface area contributed by atoms with E-state index in [1.807, 2.05) is 0 Å². The lowest BCUT2D eigenvalue weighted by molar-refractivity contribution is -0.137. The van der Waals surface area contributed by atoms with Gasteiger partial charge in [-0.15, -0.1) is 0 Å². The zero-order valence-corrected chi connectivity index (χ0v) is 9.57. The van der Waals surface area contributed by atoms with Gasteiger partial charge in [0.25, 0.3) is 0 Å². The van der Waals surface area contributed by atoms with E-state index in [0.717, 1.165) is 6.07 Å². The highest BCUT2D eigenvalue weighted by Gasteiger charge is 2.32. The molecule has 1 aromatic carbocycles. The Morgan fingerprint density at radius 1 is 1.33 bits per heavy atom. The average Bonchev–Trinajstić information content (AvgIpc) is 1.99. The molecule has 0 aliphatic heterocycles. The lowest BCUT2D eigenvalue weighted by atomic mass is 10.1. The molecule has 0 radical (unpaired) electrons. The summed E-state index contributed by atoms with van der Waals surface area (Å²) >= 11 is 15.6. The van der Waals surface area contributed by atoms with Gasteiger partial charge in [-0.25, -0.2) is 0 Å². The van der Waals surface area contributed by atoms with E-state index < -0.39 is 11.7 Å². The van der Waals surface area contributed by atoms with Gasteiger partial charge in [0.05, 0.1) is 14.9 Å². The van der Waals surface area contributed by atoms with Gasteiger partial charge in [-0.2, -0.15) is 13.2 Å². The fourth-order valence-corrected chi connectivity index (χ4v) is 1.69. The SMILES string of the molecule is FC(F)(F)c1ccc(CC(=S)Cl)cc1Cl. The quantitative estimate of drug-likeness (QED) is 0.566. The van der Waals surface area contributed by atoms with Gasteiger partial charge >= 0.3 is 6.18 Å². The number of alkyl halides is 3. The highest BCUT2D eigenvalue weighted by molar-refractivity contribution is 7.83. The molecule has 82 valence electrons. The van der Waals surface area contributed by atoms with Crippen LogP contribution in [0.15, 0.2) is 18.2 Å². The van der Waals surface area contributed by atoms with Gasteiger partial charge in [-0.3, -0.25) is 0 Å². The highest BCUT2D eigenvalue weighted by atomic mass is 35.5. The van der Waals surface area contributed by atoms with Gasteiger partial charge in [0.1, 0.15) is 0 Å². The molecule has 0 saturated carbocycles. The van der Waals surface area contributed by atoms with E-state index in [9.17, 15) is 13.2 Å². The van der Waals surface area contributed by atoms with Crippen LogP contribution in [0.2, 0.25) is 5.02 Å². The maximum absolute atomic E-state index is 12.3. The minimum atomic E-state index is -4.43. The Balaban J connectivity index is 3.04. The number of benzene rings is 1. The first-order valence-corrected chi connectivity index (χ1v) is 5.01. The molecule has 0 aromatic heterocycles. The third kappa shape index (κ3) is 3.63. The van der Waals surface area contributed by atoms with Gasteiger partial charge in [-0.05, 0) is 17.7 Å². The first kappa shape index (κ1) is 12.7. The van der Waals surface area contributed by atoms with Crippen LogP contribution in [-0.4, -0.2) is 4.32 Å². The molecule has 0 N–H and O–H groups in total. The summed E-state index contributed by atoms with van der Waals surface area (Å²) in [6.07, 6.45) is -4.20. The van der Waals surface area contributed by atoms with Crippen molar-refractivity contribution in [2.75, 3.05) is 0 Å². The van der Waals surface area contributed by atoms with Gasteiger partial charge in [-0.1, -0.05) is 41.5 Å². The fourth-order valence-electron chi connectivity index (χ4n) is 1.06. The molecule has 0 unspecified atom stereocenters. The Labute approximate surface area is 100.0 Å². The summed E-state index contributed by atoms with van der Waals surface area (Å²) in [5.74, 6) is 0. The molecule has 0 nitrogen and oxygen atoms in total. The summed E-state index contributed by atoms with van der Waals surface area (Å²) in [5, 5.41) is -0.340. The number of thiocarbonyl (C=S) groups is 1. The van der Waals surface area contributed by atoms with Crippen LogP contribution in [0.4, 0.5) is 13.2 Å². The lowest BCUT2D eigenvalue weighted by Crippen LogP contribution is -2.06. The van der Waals surface area contributed by atoms with Crippen molar-refractivity contribution in [2.45, 2.75) is 12.6 Å². The van der Waals surface area contributed by atoms with E-state index in [4.69, 9.17) is 23.2 Å². The van der Waals surface area contributed by atoms with Crippen LogP contribution in [0.3, 0.4) is 0 Å². The van der Waals surface area contributed by atoms with Crippen LogP contribution in [0.1, 0.15) is 11.1 Å². The van der Waals surface area contributed by atoms with Crippen molar-refractivity contribution in [3.05, 3.63) is 34.3 Å². The topological polar surface area (TPSA) is 0 Å². The van der Waals surface area contributed by atoms with Crippen molar-refractivity contribution in [3.63, 3.8) is 0 Å². The monoisotopic (exact) mass is 272 g/mol. The number of hydrogen-bond acceptors (Lipinski definition) is 1. The molecular formula is C9H5Cl2F3S. The third-order valence-corrected chi connectivity index (χ3v) is 2.27. The third-order valence-electron chi connectivity index (χ3n) is 1.68. The van der Waals surface area contributed by atoms with Crippen LogP contribution in [0.25, 0.3) is 0 Å². The maximum atomic E-state index is 12.3. The van der Waals surface area contributed by atoms with Crippen LogP contribution in [-0.2, 0) is 12.6 Å². The number of hydrogen-bond donors (Lipinski definition) is 0. The minimum Gasteiger partial charge on any atom is -0.166 e. The summed E-state index contributed by atoms with van der Waals surface area (Å²) < 4.78 is 37.1. The van der Waals surface area contributed by atoms with Crippen LogP contribution in [0.5, 0.6) is 0 Å². The molecule has 0 spiro atoms. The molecule has 0 amide bonds. The van der Waals surface area contributed by atoms with Crippen molar-refractivity contribution in [3.8, 4) is 0 Å². The summed E-state index contributed by atoms with van der Waals surface area (Å²) in [7, 11) is 0. The summed E-state index contributed by atoms with van der Waals surface area (Å²) in [5.41, 5.74) is -0.290. The molecule has 1 aromatic rings. The smallest absolute Gasteiger partial charge is 0.166 e. The van der Waals surface area contributed by atoms with Crippen molar-refractivity contribution in [1.82, 2.24) is 0 Å². The molecule has 1 rings (SSSR count). The molecular weight excluding hydrogens is 268 g/mol. The largest absolute Gasteiger partial charge is 0.417 e. The fraction of sp³-hybridized carbons (Fsp3) is 0.222. The molecule has 6 heteroatoms. The average molecular weight is 273 g/mol. The van der Waals surface area contributed by atoms with Gasteiger partial charge in [0.2, 0.25) is 0 Å². The normalized spacial score (nSPS) is 11.5. The molecule has 0 atom stereocenters. The van der Waals surface area contributed by atoms with E-state index >= 15 is 0 Å². The Bertz CT molecular complexity index is 387. The highest BCUT2D eigenvalue weighted by Crippen LogP contribution is 2.35. The maximum Gasteiger partial charge on any atom is 0.417 e. The van der Waals surface area contributed by atoms with E-state index in [1.165, 1.54) is 12.1 Å². The zero-order chi connectivity index (χ0) is 11.6. The molecule has 0 saturated heterocycles. The van der Waals surface area contributed by atoms with Crippen LogP contribution < -0.4 is 0 Å². The molecule has 0 aliphatic rings. The van der Waals surface area contributed by atoms with Crippen molar-refractivity contribution in [2.24, 2.45) is 0 Å². The van der Waals surface area contributed by atoms with Crippen LogP contribution in [0, 0.1) is 0 Å². The van der Waals surface area contributed by atoms with Crippen LogP contribution >= 0.6 is 35.4 Å². The Morgan fingerprint density at radius 3 is 2.33 bits per heavy atom. The standard InChI is InChI=1S/C9H5Cl2F3S/c10-7-3-5(4-8(11)15)1-2-6(7)9(12,13)14/h1-3H,4H2. The molecule has 15 heavy (non-hydrogen) atoms. The second-order valence-electron chi connectivity index (χ2n) is 2.84. The molecule has 0 heterocycles. The van der Waals surface area contributed by atoms with Crippen molar-refractivity contribution in [1.29, 1.82) is 0 Å². The van der Waals surface area contributed by atoms with E-state index in [-0.39, 0.29) is 15.8 Å². The summed E-state index contributed by atoms with van der Waals surface area (Å²) in [4.78, 5) is 0. The summed E-state index contributed by atoms with van der Waals surface area (Å²) in [6, 6.07) is 3.45. The van der Waals surface area contributed by atoms with Crippen molar-refractivity contribution < 1.29 is 13.2 Å². The Hall–Kier alpha value is -0.320. The summed E-state index contributed by atoms with van der Waals surface area (Å²) in [6.45, 7) is 0. The molecule has 0 aliphatic carbocycles. The predicted molar refractivity (Wildman–Crippen MR) is 58.6 cm³/mol. The Kier molecular flexibility index (Phi) is 3.98. The lowest BCUT2D eigenvalue weighted by Gasteiger charge is -2.09. The second-order valence-corrected chi connectivity index (χ2v) is 4.42. The molecule has 0 bridgehead atoms. The van der Waals surface area contributed by atoms with Crippen molar-refractivity contribution >= 4 is 39.7 Å². The van der Waals surface area contributed by atoms with Gasteiger partial charge < -0.3 is 0 Å².